The highest BCUT2D eigenvalue weighted by atomic mass is 16.5. The van der Waals surface area contributed by atoms with Crippen molar-refractivity contribution in [3.63, 3.8) is 0 Å². The normalized spacial score (nSPS) is 36.2. The fourth-order valence-corrected chi connectivity index (χ4v) is 4.53. The first-order chi connectivity index (χ1) is 11.1. The molecule has 4 nitrogen and oxygen atoms in total. The lowest BCUT2D eigenvalue weighted by Gasteiger charge is -2.46. The van der Waals surface area contributed by atoms with Gasteiger partial charge in [-0.2, -0.15) is 0 Å². The van der Waals surface area contributed by atoms with Gasteiger partial charge in [-0.05, 0) is 67.2 Å². The number of nitrogens with zero attached hydrogens (tertiary/aromatic N) is 2. The molecular weight excluding hydrogens is 300 g/mol. The average Bonchev–Trinajstić information content (AvgIpc) is 2.82. The summed E-state index contributed by atoms with van der Waals surface area (Å²) in [6, 6.07) is 0. The van der Waals surface area contributed by atoms with Crippen LogP contribution < -0.4 is 0 Å². The lowest BCUT2D eigenvalue weighted by Crippen LogP contribution is -2.55. The first-order valence-corrected chi connectivity index (χ1v) is 9.94. The van der Waals surface area contributed by atoms with Gasteiger partial charge in [-0.3, -0.25) is 9.80 Å². The lowest BCUT2D eigenvalue weighted by molar-refractivity contribution is -0.111. The van der Waals surface area contributed by atoms with Crippen LogP contribution in [-0.4, -0.2) is 71.5 Å². The first-order valence-electron chi connectivity index (χ1n) is 9.94. The van der Waals surface area contributed by atoms with Crippen LogP contribution in [0.25, 0.3) is 0 Å². The van der Waals surface area contributed by atoms with Gasteiger partial charge in [0, 0.05) is 37.3 Å². The molecule has 3 saturated heterocycles. The van der Waals surface area contributed by atoms with Crippen LogP contribution in [0.5, 0.6) is 0 Å². The molecule has 4 atom stereocenters. The molecule has 4 unspecified atom stereocenters. The third kappa shape index (κ3) is 4.32. The van der Waals surface area contributed by atoms with Crippen molar-refractivity contribution in [2.75, 3.05) is 26.2 Å². The van der Waals surface area contributed by atoms with E-state index in [1.165, 1.54) is 19.3 Å². The van der Waals surface area contributed by atoms with Gasteiger partial charge in [0.1, 0.15) is 0 Å². The van der Waals surface area contributed by atoms with Crippen molar-refractivity contribution in [2.24, 2.45) is 0 Å². The lowest BCUT2D eigenvalue weighted by atomic mass is 9.92. The maximum absolute atomic E-state index is 6.26. The fourth-order valence-electron chi connectivity index (χ4n) is 4.53. The van der Waals surface area contributed by atoms with Crippen LogP contribution in [-0.2, 0) is 9.47 Å². The Bertz CT molecular complexity index is 420. The number of hydrogen-bond acceptors (Lipinski definition) is 4. The summed E-state index contributed by atoms with van der Waals surface area (Å²) in [5.74, 6) is 0. The van der Waals surface area contributed by atoms with Crippen LogP contribution in [0.2, 0.25) is 0 Å². The number of hydrogen-bond donors (Lipinski definition) is 0. The fraction of sp³-hybridized carbons (Fsp3) is 1.00. The molecule has 3 fully saturated rings. The average molecular weight is 339 g/mol. The summed E-state index contributed by atoms with van der Waals surface area (Å²) in [7, 11) is 0. The second kappa shape index (κ2) is 6.86. The van der Waals surface area contributed by atoms with E-state index in [2.05, 4.69) is 51.3 Å². The highest BCUT2D eigenvalue weighted by Gasteiger charge is 2.40. The predicted molar refractivity (Wildman–Crippen MR) is 98.4 cm³/mol. The Morgan fingerprint density at radius 2 is 1.46 bits per heavy atom. The van der Waals surface area contributed by atoms with E-state index in [9.17, 15) is 0 Å². The van der Waals surface area contributed by atoms with Crippen molar-refractivity contribution in [3.05, 3.63) is 0 Å². The maximum Gasteiger partial charge on any atom is 0.0707 e. The molecule has 24 heavy (non-hydrogen) atoms. The molecule has 0 radical (unpaired) electrons. The highest BCUT2D eigenvalue weighted by molar-refractivity contribution is 4.93. The van der Waals surface area contributed by atoms with E-state index < -0.39 is 0 Å². The molecular formula is C20H38N2O2. The van der Waals surface area contributed by atoms with E-state index in [0.29, 0.717) is 24.4 Å². The summed E-state index contributed by atoms with van der Waals surface area (Å²) in [5, 5.41) is 0. The summed E-state index contributed by atoms with van der Waals surface area (Å²) in [6.07, 6.45) is 6.51. The minimum Gasteiger partial charge on any atom is -0.373 e. The summed E-state index contributed by atoms with van der Waals surface area (Å²) in [4.78, 5) is 5.26. The highest BCUT2D eigenvalue weighted by Crippen LogP contribution is 2.33. The van der Waals surface area contributed by atoms with Crippen molar-refractivity contribution in [1.29, 1.82) is 0 Å². The smallest absolute Gasteiger partial charge is 0.0707 e. The van der Waals surface area contributed by atoms with Gasteiger partial charge >= 0.3 is 0 Å². The summed E-state index contributed by atoms with van der Waals surface area (Å²) in [5.41, 5.74) is 0.469. The summed E-state index contributed by atoms with van der Waals surface area (Å²) in [6.45, 7) is 18.3. The van der Waals surface area contributed by atoms with Crippen molar-refractivity contribution in [3.8, 4) is 0 Å². The molecule has 0 saturated carbocycles. The van der Waals surface area contributed by atoms with Gasteiger partial charge in [0.05, 0.1) is 24.4 Å². The maximum atomic E-state index is 6.26. The monoisotopic (exact) mass is 338 g/mol. The molecule has 0 aromatic carbocycles. The summed E-state index contributed by atoms with van der Waals surface area (Å²) >= 11 is 0. The van der Waals surface area contributed by atoms with Crippen molar-refractivity contribution in [1.82, 2.24) is 9.80 Å². The van der Waals surface area contributed by atoms with E-state index in [-0.39, 0.29) is 11.1 Å². The number of rotatable bonds is 4. The van der Waals surface area contributed by atoms with Gasteiger partial charge in [0.25, 0.3) is 0 Å². The quantitative estimate of drug-likeness (QED) is 0.785. The van der Waals surface area contributed by atoms with Crippen LogP contribution in [0, 0.1) is 0 Å². The molecule has 0 spiro atoms. The Morgan fingerprint density at radius 1 is 0.833 bits per heavy atom. The van der Waals surface area contributed by atoms with Crippen molar-refractivity contribution < 1.29 is 9.47 Å². The topological polar surface area (TPSA) is 24.9 Å². The van der Waals surface area contributed by atoms with Crippen LogP contribution in [0.3, 0.4) is 0 Å². The zero-order chi connectivity index (χ0) is 17.5. The number of morpholine rings is 2. The molecule has 3 aliphatic rings. The molecule has 4 heteroatoms. The van der Waals surface area contributed by atoms with E-state index >= 15 is 0 Å². The minimum absolute atomic E-state index is 0.231. The molecule has 0 aromatic rings. The first kappa shape index (κ1) is 18.6. The molecule has 3 heterocycles. The van der Waals surface area contributed by atoms with Crippen LogP contribution in [0.15, 0.2) is 0 Å². The summed E-state index contributed by atoms with van der Waals surface area (Å²) < 4.78 is 12.3. The van der Waals surface area contributed by atoms with Crippen LogP contribution in [0.4, 0.5) is 0 Å². The third-order valence-electron chi connectivity index (χ3n) is 6.25. The van der Waals surface area contributed by atoms with E-state index in [1.54, 1.807) is 0 Å². The van der Waals surface area contributed by atoms with E-state index in [4.69, 9.17) is 9.47 Å². The van der Waals surface area contributed by atoms with Gasteiger partial charge < -0.3 is 9.47 Å². The molecule has 0 amide bonds. The Balaban J connectivity index is 1.54. The standard InChI is InChI=1S/C20H38N2O2/c1-15-11-21(19(2,3)4)12-18(23-15)9-10-20(5,6)22-13-16-7-8-17(14-22)24-16/h15-18H,7-14H2,1-6H3. The molecule has 3 aliphatic heterocycles. The molecule has 0 N–H and O–H groups in total. The van der Waals surface area contributed by atoms with Crippen molar-refractivity contribution in [2.45, 2.75) is 103 Å². The van der Waals surface area contributed by atoms with Gasteiger partial charge in [0.2, 0.25) is 0 Å². The predicted octanol–water partition coefficient (Wildman–Crippen LogP) is 3.30. The molecule has 140 valence electrons. The minimum atomic E-state index is 0.231. The largest absolute Gasteiger partial charge is 0.373 e. The van der Waals surface area contributed by atoms with Gasteiger partial charge in [0.15, 0.2) is 0 Å². The molecule has 3 rings (SSSR count). The zero-order valence-electron chi connectivity index (χ0n) is 16.7. The zero-order valence-corrected chi connectivity index (χ0v) is 16.7. The molecule has 0 aliphatic carbocycles. The van der Waals surface area contributed by atoms with E-state index in [0.717, 1.165) is 32.6 Å². The third-order valence-corrected chi connectivity index (χ3v) is 6.25. The Labute approximate surface area is 148 Å². The number of ether oxygens (including phenoxy) is 2. The van der Waals surface area contributed by atoms with Crippen LogP contribution in [0.1, 0.15) is 67.2 Å². The molecule has 2 bridgehead atoms. The van der Waals surface area contributed by atoms with Crippen LogP contribution >= 0.6 is 0 Å². The van der Waals surface area contributed by atoms with Gasteiger partial charge in [-0.1, -0.05) is 0 Å². The second-order valence-corrected chi connectivity index (χ2v) is 9.86. The molecule has 0 aromatic heterocycles. The van der Waals surface area contributed by atoms with Gasteiger partial charge in [-0.25, -0.2) is 0 Å². The van der Waals surface area contributed by atoms with Gasteiger partial charge in [-0.15, -0.1) is 0 Å². The Hall–Kier alpha value is -0.160. The van der Waals surface area contributed by atoms with Crippen molar-refractivity contribution >= 4 is 0 Å². The number of fused-ring (bicyclic) bond motifs is 2. The van der Waals surface area contributed by atoms with E-state index in [1.807, 2.05) is 0 Å². The Morgan fingerprint density at radius 3 is 2.04 bits per heavy atom. The Kier molecular flexibility index (Phi) is 5.33. The number of likely N-dealkylation sites (tertiary alicyclic amines) is 1. The second-order valence-electron chi connectivity index (χ2n) is 9.86. The SMILES string of the molecule is CC1CN(C(C)(C)C)CC(CCC(C)(C)N2CC3CCC(C2)O3)O1.